The standard InChI is InChI=1S/C11H13NO3/c1-2-15-11(14)10-7-4-3-5-9(13)8(7)6-12-10/h6,12H,2-5H2,1H3. The molecule has 1 aromatic heterocycles. The Labute approximate surface area is 87.6 Å². The van der Waals surface area contributed by atoms with Crippen molar-refractivity contribution in [2.24, 2.45) is 0 Å². The minimum atomic E-state index is -0.367. The number of H-pyrrole nitrogens is 1. The maximum atomic E-state index is 11.5. The Bertz CT molecular complexity index is 406. The Morgan fingerprint density at radius 1 is 1.53 bits per heavy atom. The fourth-order valence-electron chi connectivity index (χ4n) is 1.91. The third-order valence-corrected chi connectivity index (χ3v) is 2.60. The van der Waals surface area contributed by atoms with Crippen LogP contribution in [0.25, 0.3) is 0 Å². The minimum absolute atomic E-state index is 0.114. The van der Waals surface area contributed by atoms with Crippen LogP contribution in [0.1, 0.15) is 46.2 Å². The number of hydrogen-bond acceptors (Lipinski definition) is 3. The van der Waals surface area contributed by atoms with Gasteiger partial charge in [-0.2, -0.15) is 0 Å². The molecule has 1 aromatic rings. The largest absolute Gasteiger partial charge is 0.461 e. The van der Waals surface area contributed by atoms with E-state index in [4.69, 9.17) is 4.74 Å². The minimum Gasteiger partial charge on any atom is -0.461 e. The molecular weight excluding hydrogens is 194 g/mol. The quantitative estimate of drug-likeness (QED) is 0.751. The van der Waals surface area contributed by atoms with Crippen molar-refractivity contribution in [3.8, 4) is 0 Å². The molecule has 0 spiro atoms. The van der Waals surface area contributed by atoms with Crippen LogP contribution in [-0.4, -0.2) is 23.3 Å². The highest BCUT2D eigenvalue weighted by atomic mass is 16.5. The van der Waals surface area contributed by atoms with E-state index in [1.54, 1.807) is 13.1 Å². The summed E-state index contributed by atoms with van der Waals surface area (Å²) >= 11 is 0. The first-order chi connectivity index (χ1) is 7.24. The lowest BCUT2D eigenvalue weighted by Gasteiger charge is -2.10. The molecule has 0 aliphatic heterocycles. The van der Waals surface area contributed by atoms with Crippen molar-refractivity contribution >= 4 is 11.8 Å². The lowest BCUT2D eigenvalue weighted by molar-refractivity contribution is 0.0519. The van der Waals surface area contributed by atoms with Crippen LogP contribution in [0.4, 0.5) is 0 Å². The summed E-state index contributed by atoms with van der Waals surface area (Å²) in [4.78, 5) is 25.9. The molecule has 15 heavy (non-hydrogen) atoms. The van der Waals surface area contributed by atoms with Gasteiger partial charge in [-0.3, -0.25) is 4.79 Å². The predicted molar refractivity (Wildman–Crippen MR) is 54.0 cm³/mol. The van der Waals surface area contributed by atoms with E-state index in [-0.39, 0.29) is 11.8 Å². The van der Waals surface area contributed by atoms with Crippen LogP contribution in [0, 0.1) is 0 Å². The van der Waals surface area contributed by atoms with Crippen LogP contribution in [0.2, 0.25) is 0 Å². The van der Waals surface area contributed by atoms with Gasteiger partial charge in [0.2, 0.25) is 0 Å². The molecule has 0 unspecified atom stereocenters. The van der Waals surface area contributed by atoms with Crippen LogP contribution >= 0.6 is 0 Å². The molecule has 0 saturated carbocycles. The smallest absolute Gasteiger partial charge is 0.355 e. The molecular formula is C11H13NO3. The molecule has 1 aliphatic rings. The van der Waals surface area contributed by atoms with Crippen molar-refractivity contribution in [1.82, 2.24) is 4.98 Å². The zero-order chi connectivity index (χ0) is 10.8. The van der Waals surface area contributed by atoms with Gasteiger partial charge in [-0.05, 0) is 25.3 Å². The van der Waals surface area contributed by atoms with E-state index in [2.05, 4.69) is 4.98 Å². The van der Waals surface area contributed by atoms with Crippen LogP contribution in [-0.2, 0) is 11.2 Å². The summed E-state index contributed by atoms with van der Waals surface area (Å²) in [5, 5.41) is 0. The average Bonchev–Trinajstić information content (AvgIpc) is 2.63. The number of esters is 1. The van der Waals surface area contributed by atoms with Gasteiger partial charge in [-0.1, -0.05) is 0 Å². The zero-order valence-corrected chi connectivity index (χ0v) is 8.63. The molecule has 0 bridgehead atoms. The summed E-state index contributed by atoms with van der Waals surface area (Å²) < 4.78 is 4.91. The molecule has 2 rings (SSSR count). The van der Waals surface area contributed by atoms with Crippen molar-refractivity contribution in [2.75, 3.05) is 6.61 Å². The molecule has 4 heteroatoms. The van der Waals surface area contributed by atoms with Crippen molar-refractivity contribution < 1.29 is 14.3 Å². The molecule has 0 aromatic carbocycles. The second-order valence-corrected chi connectivity index (χ2v) is 3.55. The van der Waals surface area contributed by atoms with Gasteiger partial charge in [0.05, 0.1) is 6.61 Å². The number of carbonyl (C=O) groups excluding carboxylic acids is 2. The van der Waals surface area contributed by atoms with E-state index in [0.717, 1.165) is 18.4 Å². The van der Waals surface area contributed by atoms with Gasteiger partial charge >= 0.3 is 5.97 Å². The second-order valence-electron chi connectivity index (χ2n) is 3.55. The lowest BCUT2D eigenvalue weighted by Crippen LogP contribution is -2.13. The summed E-state index contributed by atoms with van der Waals surface area (Å²) in [6.45, 7) is 2.11. The molecule has 4 nitrogen and oxygen atoms in total. The Morgan fingerprint density at radius 2 is 2.33 bits per heavy atom. The fourth-order valence-corrected chi connectivity index (χ4v) is 1.91. The molecule has 0 fully saturated rings. The molecule has 1 N–H and O–H groups in total. The van der Waals surface area contributed by atoms with Crippen LogP contribution in [0.15, 0.2) is 6.20 Å². The molecule has 0 atom stereocenters. The zero-order valence-electron chi connectivity index (χ0n) is 8.63. The highest BCUT2D eigenvalue weighted by Crippen LogP contribution is 2.24. The number of fused-ring (bicyclic) bond motifs is 1. The monoisotopic (exact) mass is 207 g/mol. The fraction of sp³-hybridized carbons (Fsp3) is 0.455. The number of aromatic amines is 1. The van der Waals surface area contributed by atoms with E-state index >= 15 is 0 Å². The Morgan fingerprint density at radius 3 is 3.07 bits per heavy atom. The number of aromatic nitrogens is 1. The van der Waals surface area contributed by atoms with Crippen molar-refractivity contribution in [3.63, 3.8) is 0 Å². The van der Waals surface area contributed by atoms with E-state index in [9.17, 15) is 9.59 Å². The molecule has 80 valence electrons. The number of ketones is 1. The number of Topliss-reactive ketones (excluding diaryl/α,β-unsaturated/α-hetero) is 1. The first kappa shape index (κ1) is 9.96. The highest BCUT2D eigenvalue weighted by molar-refractivity contribution is 6.02. The van der Waals surface area contributed by atoms with Crippen LogP contribution < -0.4 is 0 Å². The van der Waals surface area contributed by atoms with E-state index in [1.165, 1.54) is 0 Å². The SMILES string of the molecule is CCOC(=O)c1[nH]cc2c1CCCC2=O. The maximum Gasteiger partial charge on any atom is 0.355 e. The Balaban J connectivity index is 2.34. The number of rotatable bonds is 2. The van der Waals surface area contributed by atoms with Gasteiger partial charge in [0.1, 0.15) is 5.69 Å². The van der Waals surface area contributed by atoms with Crippen LogP contribution in [0.5, 0.6) is 0 Å². The first-order valence-corrected chi connectivity index (χ1v) is 5.14. The third-order valence-electron chi connectivity index (χ3n) is 2.60. The van der Waals surface area contributed by atoms with Gasteiger partial charge in [0, 0.05) is 18.2 Å². The van der Waals surface area contributed by atoms with Crippen LogP contribution in [0.3, 0.4) is 0 Å². The van der Waals surface area contributed by atoms with Crippen molar-refractivity contribution in [3.05, 3.63) is 23.0 Å². The number of hydrogen-bond donors (Lipinski definition) is 1. The lowest BCUT2D eigenvalue weighted by atomic mass is 9.93. The van der Waals surface area contributed by atoms with E-state index in [1.807, 2.05) is 0 Å². The van der Waals surface area contributed by atoms with Crippen molar-refractivity contribution in [1.29, 1.82) is 0 Å². The summed E-state index contributed by atoms with van der Waals surface area (Å²) in [6, 6.07) is 0. The van der Waals surface area contributed by atoms with Gasteiger partial charge in [-0.25, -0.2) is 4.79 Å². The molecule has 0 radical (unpaired) electrons. The third kappa shape index (κ3) is 1.67. The van der Waals surface area contributed by atoms with Gasteiger partial charge in [-0.15, -0.1) is 0 Å². The molecule has 1 heterocycles. The Hall–Kier alpha value is -1.58. The van der Waals surface area contributed by atoms with Gasteiger partial charge in [0.15, 0.2) is 5.78 Å². The number of nitrogens with one attached hydrogen (secondary N) is 1. The number of carbonyl (C=O) groups is 2. The molecule has 0 amide bonds. The highest BCUT2D eigenvalue weighted by Gasteiger charge is 2.25. The van der Waals surface area contributed by atoms with Crippen molar-refractivity contribution in [2.45, 2.75) is 26.2 Å². The molecule has 1 aliphatic carbocycles. The average molecular weight is 207 g/mol. The first-order valence-electron chi connectivity index (χ1n) is 5.14. The maximum absolute atomic E-state index is 11.5. The van der Waals surface area contributed by atoms with E-state index < -0.39 is 0 Å². The summed E-state index contributed by atoms with van der Waals surface area (Å²) in [6.07, 6.45) is 3.78. The molecule has 0 saturated heterocycles. The topological polar surface area (TPSA) is 59.2 Å². The van der Waals surface area contributed by atoms with Gasteiger partial charge in [0.25, 0.3) is 0 Å². The number of ether oxygens (including phenoxy) is 1. The summed E-state index contributed by atoms with van der Waals surface area (Å²) in [5.74, 6) is -0.253. The second kappa shape index (κ2) is 3.88. The van der Waals surface area contributed by atoms with Gasteiger partial charge < -0.3 is 9.72 Å². The summed E-state index contributed by atoms with van der Waals surface area (Å²) in [7, 11) is 0. The predicted octanol–water partition coefficient (Wildman–Crippen LogP) is 1.71. The summed E-state index contributed by atoms with van der Waals surface area (Å²) in [5.41, 5.74) is 1.92. The van der Waals surface area contributed by atoms with E-state index in [0.29, 0.717) is 24.3 Å². The normalized spacial score (nSPS) is 14.9. The Kier molecular flexibility index (Phi) is 2.58.